The van der Waals surface area contributed by atoms with Gasteiger partial charge in [0, 0.05) is 18.0 Å². The molecule has 1 aromatic carbocycles. The molecular weight excluding hydrogens is 431 g/mol. The number of aromatic nitrogens is 3. The minimum absolute atomic E-state index is 0.280. The Labute approximate surface area is 150 Å². The van der Waals surface area contributed by atoms with Crippen molar-refractivity contribution < 1.29 is 10.0 Å². The summed E-state index contributed by atoms with van der Waals surface area (Å²) in [5, 5.41) is 14.6. The van der Waals surface area contributed by atoms with Crippen LogP contribution in [-0.4, -0.2) is 25.9 Å². The van der Waals surface area contributed by atoms with Gasteiger partial charge in [-0.1, -0.05) is 41.9 Å². The molecule has 118 valence electrons. The number of hydrogen-bond acceptors (Lipinski definition) is 4. The van der Waals surface area contributed by atoms with Gasteiger partial charge in [-0.15, -0.1) is 0 Å². The molecular formula is C15H12ClIN4O2. The quantitative estimate of drug-likeness (QED) is 0.282. The lowest BCUT2D eigenvalue weighted by atomic mass is 10.1. The summed E-state index contributed by atoms with van der Waals surface area (Å²) in [5.41, 5.74) is 3.21. The highest BCUT2D eigenvalue weighted by atomic mass is 127. The third-order valence-electron chi connectivity index (χ3n) is 3.49. The van der Waals surface area contributed by atoms with Crippen molar-refractivity contribution in [1.82, 2.24) is 20.2 Å². The molecule has 8 heteroatoms. The molecule has 1 amide bonds. The summed E-state index contributed by atoms with van der Waals surface area (Å²) < 4.78 is 2.32. The molecule has 0 radical (unpaired) electrons. The van der Waals surface area contributed by atoms with Crippen LogP contribution in [0.5, 0.6) is 0 Å². The van der Waals surface area contributed by atoms with Crippen LogP contribution in [-0.2, 0) is 11.2 Å². The van der Waals surface area contributed by atoms with Gasteiger partial charge in [-0.05, 0) is 34.2 Å². The first-order valence-corrected chi connectivity index (χ1v) is 8.23. The van der Waals surface area contributed by atoms with E-state index in [9.17, 15) is 4.79 Å². The molecule has 2 aromatic heterocycles. The highest BCUT2D eigenvalue weighted by Crippen LogP contribution is 2.28. The molecule has 0 aliphatic rings. The first-order chi connectivity index (χ1) is 11.1. The molecule has 0 aliphatic carbocycles. The summed E-state index contributed by atoms with van der Waals surface area (Å²) in [6, 6.07) is 10.6. The van der Waals surface area contributed by atoms with Gasteiger partial charge in [-0.2, -0.15) is 5.10 Å². The number of fused-ring (bicyclic) bond motifs is 1. The van der Waals surface area contributed by atoms with Crippen LogP contribution < -0.4 is 5.48 Å². The van der Waals surface area contributed by atoms with E-state index in [1.165, 1.54) is 0 Å². The summed E-state index contributed by atoms with van der Waals surface area (Å²) in [4.78, 5) is 16.2. The Bertz CT molecular complexity index is 853. The molecule has 0 saturated heterocycles. The average Bonchev–Trinajstić information content (AvgIpc) is 2.91. The number of carbonyl (C=O) groups is 1. The molecule has 3 aromatic rings. The van der Waals surface area contributed by atoms with Crippen molar-refractivity contribution in [3.63, 3.8) is 0 Å². The fourth-order valence-corrected chi connectivity index (χ4v) is 3.45. The van der Waals surface area contributed by atoms with Crippen molar-refractivity contribution in [1.29, 1.82) is 0 Å². The normalized spacial score (nSPS) is 12.3. The average molecular weight is 443 g/mol. The molecule has 23 heavy (non-hydrogen) atoms. The van der Waals surface area contributed by atoms with Gasteiger partial charge in [-0.3, -0.25) is 10.0 Å². The van der Waals surface area contributed by atoms with Crippen LogP contribution in [0.15, 0.2) is 42.6 Å². The Hall–Kier alpha value is -1.71. The van der Waals surface area contributed by atoms with Crippen LogP contribution in [0, 0.1) is 3.70 Å². The van der Waals surface area contributed by atoms with E-state index in [2.05, 4.69) is 32.7 Å². The molecule has 0 spiro atoms. The molecule has 2 N–H and O–H groups in total. The maximum Gasteiger partial charge on any atom is 0.268 e. The van der Waals surface area contributed by atoms with E-state index in [-0.39, 0.29) is 5.15 Å². The number of pyridine rings is 1. The number of halogens is 2. The van der Waals surface area contributed by atoms with E-state index in [0.717, 1.165) is 14.7 Å². The van der Waals surface area contributed by atoms with Crippen molar-refractivity contribution in [2.24, 2.45) is 0 Å². The van der Waals surface area contributed by atoms with Crippen molar-refractivity contribution in [3.05, 3.63) is 57.0 Å². The zero-order valence-electron chi connectivity index (χ0n) is 11.8. The Morgan fingerprint density at radius 2 is 2.09 bits per heavy atom. The van der Waals surface area contributed by atoms with Gasteiger partial charge in [-0.25, -0.2) is 15.1 Å². The number of nitrogens with zero attached hydrogens (tertiary/aromatic N) is 3. The molecule has 6 nitrogen and oxygen atoms in total. The smallest absolute Gasteiger partial charge is 0.268 e. The lowest BCUT2D eigenvalue weighted by Crippen LogP contribution is -2.33. The number of nitrogens with one attached hydrogen (secondary N) is 1. The van der Waals surface area contributed by atoms with Gasteiger partial charge < -0.3 is 0 Å². The zero-order valence-corrected chi connectivity index (χ0v) is 14.7. The summed E-state index contributed by atoms with van der Waals surface area (Å²) >= 11 is 8.19. The topological polar surface area (TPSA) is 80.0 Å². The first kappa shape index (κ1) is 16.2. The maximum absolute atomic E-state index is 12.2. The summed E-state index contributed by atoms with van der Waals surface area (Å²) in [7, 11) is 0. The van der Waals surface area contributed by atoms with Gasteiger partial charge in [0.1, 0.15) is 15.3 Å². The van der Waals surface area contributed by atoms with Crippen LogP contribution in [0.2, 0.25) is 5.15 Å². The standard InChI is InChI=1S/C15H12ClIN4O2/c16-13-12-10(6-7-18-13)14(17)21(19-12)11(15(22)20-23)8-9-4-2-1-3-5-9/h1-7,11,23H,8H2,(H,20,22). The lowest BCUT2D eigenvalue weighted by Gasteiger charge is -2.16. The minimum atomic E-state index is -0.697. The van der Waals surface area contributed by atoms with Gasteiger partial charge in [0.2, 0.25) is 0 Å². The van der Waals surface area contributed by atoms with E-state index >= 15 is 0 Å². The van der Waals surface area contributed by atoms with E-state index < -0.39 is 11.9 Å². The summed E-state index contributed by atoms with van der Waals surface area (Å²) in [6.07, 6.45) is 1.99. The predicted octanol–water partition coefficient (Wildman–Crippen LogP) is 2.98. The molecule has 1 atom stereocenters. The van der Waals surface area contributed by atoms with Crippen LogP contribution in [0.25, 0.3) is 10.9 Å². The first-order valence-electron chi connectivity index (χ1n) is 6.78. The van der Waals surface area contributed by atoms with Gasteiger partial charge in [0.25, 0.3) is 5.91 Å². The maximum atomic E-state index is 12.2. The monoisotopic (exact) mass is 442 g/mol. The molecule has 0 fully saturated rings. The lowest BCUT2D eigenvalue weighted by molar-refractivity contribution is -0.133. The Morgan fingerprint density at radius 1 is 1.35 bits per heavy atom. The second kappa shape index (κ2) is 6.81. The van der Waals surface area contributed by atoms with E-state index in [1.54, 1.807) is 22.4 Å². The number of hydroxylamine groups is 1. The number of benzene rings is 1. The highest BCUT2D eigenvalue weighted by molar-refractivity contribution is 14.1. The molecule has 0 aliphatic heterocycles. The van der Waals surface area contributed by atoms with Crippen molar-refractivity contribution in [3.8, 4) is 0 Å². The predicted molar refractivity (Wildman–Crippen MR) is 94.4 cm³/mol. The third kappa shape index (κ3) is 3.17. The number of hydrogen-bond donors (Lipinski definition) is 2. The van der Waals surface area contributed by atoms with Crippen molar-refractivity contribution in [2.75, 3.05) is 0 Å². The fraction of sp³-hybridized carbons (Fsp3) is 0.133. The van der Waals surface area contributed by atoms with Crippen LogP contribution >= 0.6 is 34.2 Å². The molecule has 0 saturated carbocycles. The van der Waals surface area contributed by atoms with Gasteiger partial charge >= 0.3 is 0 Å². The molecule has 3 rings (SSSR count). The largest absolute Gasteiger partial charge is 0.289 e. The summed E-state index contributed by atoms with van der Waals surface area (Å²) in [6.45, 7) is 0. The zero-order chi connectivity index (χ0) is 16.4. The Balaban J connectivity index is 2.08. The second-order valence-corrected chi connectivity index (χ2v) is 6.29. The number of amides is 1. The number of rotatable bonds is 4. The molecule has 0 bridgehead atoms. The molecule has 2 heterocycles. The van der Waals surface area contributed by atoms with Gasteiger partial charge in [0.15, 0.2) is 5.15 Å². The third-order valence-corrected chi connectivity index (χ3v) is 4.84. The Morgan fingerprint density at radius 3 is 2.74 bits per heavy atom. The Kier molecular flexibility index (Phi) is 4.79. The van der Waals surface area contributed by atoms with Crippen LogP contribution in [0.4, 0.5) is 0 Å². The van der Waals surface area contributed by atoms with Crippen LogP contribution in [0.1, 0.15) is 11.6 Å². The molecule has 1 unspecified atom stereocenters. The van der Waals surface area contributed by atoms with Crippen molar-refractivity contribution >= 4 is 51.0 Å². The fourth-order valence-electron chi connectivity index (χ4n) is 2.37. The number of carbonyl (C=O) groups excluding carboxylic acids is 1. The van der Waals surface area contributed by atoms with E-state index in [0.29, 0.717) is 11.9 Å². The minimum Gasteiger partial charge on any atom is -0.289 e. The van der Waals surface area contributed by atoms with E-state index in [4.69, 9.17) is 16.8 Å². The van der Waals surface area contributed by atoms with E-state index in [1.807, 2.05) is 30.3 Å². The second-order valence-electron chi connectivity index (χ2n) is 4.91. The van der Waals surface area contributed by atoms with Crippen LogP contribution in [0.3, 0.4) is 0 Å². The summed E-state index contributed by atoms with van der Waals surface area (Å²) in [5.74, 6) is -0.538. The van der Waals surface area contributed by atoms with Gasteiger partial charge in [0.05, 0.1) is 0 Å². The SMILES string of the molecule is O=C(NO)C(Cc1ccccc1)n1nc2c(Cl)nccc2c1I. The highest BCUT2D eigenvalue weighted by Gasteiger charge is 2.25. The van der Waals surface area contributed by atoms with Crippen molar-refractivity contribution in [2.45, 2.75) is 12.5 Å².